The lowest BCUT2D eigenvalue weighted by molar-refractivity contribution is -0.117. The summed E-state index contributed by atoms with van der Waals surface area (Å²) in [7, 11) is 1.57. The Morgan fingerprint density at radius 2 is 2.11 bits per heavy atom. The van der Waals surface area contributed by atoms with E-state index in [2.05, 4.69) is 10.3 Å². The van der Waals surface area contributed by atoms with Crippen LogP contribution in [0.3, 0.4) is 0 Å². The van der Waals surface area contributed by atoms with Crippen molar-refractivity contribution in [1.29, 1.82) is 0 Å². The van der Waals surface area contributed by atoms with E-state index >= 15 is 0 Å². The zero-order chi connectivity index (χ0) is 19.6. The Labute approximate surface area is 157 Å². The number of anilines is 1. The normalized spacial score (nSPS) is 16.5. The molecule has 27 heavy (non-hydrogen) atoms. The Hall–Kier alpha value is -3.09. The summed E-state index contributed by atoms with van der Waals surface area (Å²) in [6.07, 6.45) is 0.877. The number of H-pyrrole nitrogens is 1. The van der Waals surface area contributed by atoms with Gasteiger partial charge in [-0.2, -0.15) is 0 Å². The van der Waals surface area contributed by atoms with Crippen molar-refractivity contribution in [2.24, 2.45) is 0 Å². The Bertz CT molecular complexity index is 935. The molecule has 1 aliphatic rings. The van der Waals surface area contributed by atoms with Gasteiger partial charge < -0.3 is 19.9 Å². The molecule has 2 heterocycles. The number of carbonyl (C=O) groups excluding carboxylic acids is 2. The summed E-state index contributed by atoms with van der Waals surface area (Å²) >= 11 is 0. The number of rotatable bonds is 5. The average molecular weight is 369 g/mol. The largest absolute Gasteiger partial charge is 0.497 e. The summed E-state index contributed by atoms with van der Waals surface area (Å²) in [5, 5.41) is 2.81. The molecule has 1 aromatic carbocycles. The van der Waals surface area contributed by atoms with Crippen LogP contribution in [0.5, 0.6) is 5.75 Å². The zero-order valence-corrected chi connectivity index (χ0v) is 15.7. The van der Waals surface area contributed by atoms with E-state index < -0.39 is 11.5 Å². The van der Waals surface area contributed by atoms with Crippen molar-refractivity contribution < 1.29 is 14.3 Å². The van der Waals surface area contributed by atoms with Gasteiger partial charge in [0.1, 0.15) is 11.3 Å². The fourth-order valence-corrected chi connectivity index (χ4v) is 3.30. The van der Waals surface area contributed by atoms with E-state index in [4.69, 9.17) is 4.74 Å². The third-order valence-corrected chi connectivity index (χ3v) is 4.77. The van der Waals surface area contributed by atoms with Crippen molar-refractivity contribution in [1.82, 2.24) is 10.3 Å². The number of nitrogens with one attached hydrogen (secondary N) is 2. The molecule has 0 spiro atoms. The highest BCUT2D eigenvalue weighted by molar-refractivity contribution is 5.99. The van der Waals surface area contributed by atoms with Gasteiger partial charge in [0.2, 0.25) is 5.91 Å². The molecule has 1 aliphatic heterocycles. The number of amides is 2. The van der Waals surface area contributed by atoms with Crippen LogP contribution >= 0.6 is 0 Å². The van der Waals surface area contributed by atoms with Crippen molar-refractivity contribution in [3.63, 3.8) is 0 Å². The first kappa shape index (κ1) is 18.7. The molecule has 1 aromatic heterocycles. The van der Waals surface area contributed by atoms with E-state index in [1.165, 1.54) is 0 Å². The van der Waals surface area contributed by atoms with Gasteiger partial charge in [-0.1, -0.05) is 13.0 Å². The van der Waals surface area contributed by atoms with Gasteiger partial charge in [-0.3, -0.25) is 14.4 Å². The van der Waals surface area contributed by atoms with E-state index in [-0.39, 0.29) is 23.9 Å². The van der Waals surface area contributed by atoms with E-state index in [0.717, 1.165) is 16.9 Å². The van der Waals surface area contributed by atoms with Crippen molar-refractivity contribution >= 4 is 17.5 Å². The maximum Gasteiger partial charge on any atom is 0.261 e. The number of ether oxygens (including phenoxy) is 1. The van der Waals surface area contributed by atoms with Gasteiger partial charge in [0, 0.05) is 30.4 Å². The predicted molar refractivity (Wildman–Crippen MR) is 102 cm³/mol. The van der Waals surface area contributed by atoms with Gasteiger partial charge in [0.05, 0.1) is 13.2 Å². The van der Waals surface area contributed by atoms with E-state index in [9.17, 15) is 14.4 Å². The van der Waals surface area contributed by atoms with Crippen LogP contribution in [0.1, 0.15) is 35.0 Å². The Morgan fingerprint density at radius 3 is 2.81 bits per heavy atom. The van der Waals surface area contributed by atoms with Crippen LogP contribution in [-0.2, 0) is 11.2 Å². The molecule has 1 fully saturated rings. The van der Waals surface area contributed by atoms with Gasteiger partial charge in [-0.25, -0.2) is 0 Å². The van der Waals surface area contributed by atoms with Crippen molar-refractivity contribution in [3.8, 4) is 5.75 Å². The summed E-state index contributed by atoms with van der Waals surface area (Å²) in [6.45, 7) is 4.15. The van der Waals surface area contributed by atoms with Crippen LogP contribution in [0.15, 0.2) is 35.1 Å². The van der Waals surface area contributed by atoms with Crippen LogP contribution in [0.4, 0.5) is 5.69 Å². The standard InChI is InChI=1S/C20H23N3O4/c1-4-17-12(2)8-16(20(26)22-17)19(25)21-13-9-18(24)23(11-13)14-6-5-7-15(10-14)27-3/h5-8,10,13H,4,9,11H2,1-3H3,(H,21,25)(H,22,26)/t13-/m0/s1. The first-order chi connectivity index (χ1) is 12.9. The number of hydrogen-bond acceptors (Lipinski definition) is 4. The topological polar surface area (TPSA) is 91.5 Å². The summed E-state index contributed by atoms with van der Waals surface area (Å²) < 4.78 is 5.20. The van der Waals surface area contributed by atoms with Crippen LogP contribution in [0, 0.1) is 6.92 Å². The molecule has 0 radical (unpaired) electrons. The number of carbonyl (C=O) groups is 2. The molecule has 0 bridgehead atoms. The maximum atomic E-state index is 12.5. The van der Waals surface area contributed by atoms with Gasteiger partial charge in [0.25, 0.3) is 11.5 Å². The van der Waals surface area contributed by atoms with Crippen LogP contribution < -0.4 is 20.5 Å². The van der Waals surface area contributed by atoms with Gasteiger partial charge in [-0.05, 0) is 37.1 Å². The molecule has 0 saturated carbocycles. The summed E-state index contributed by atoms with van der Waals surface area (Å²) in [4.78, 5) is 41.5. The number of nitrogens with zero attached hydrogens (tertiary/aromatic N) is 1. The third kappa shape index (κ3) is 3.86. The van der Waals surface area contributed by atoms with Crippen molar-refractivity contribution in [3.05, 3.63) is 57.5 Å². The molecule has 7 nitrogen and oxygen atoms in total. The molecule has 7 heteroatoms. The molecule has 0 aliphatic carbocycles. The fourth-order valence-electron chi connectivity index (χ4n) is 3.30. The Balaban J connectivity index is 1.74. The quantitative estimate of drug-likeness (QED) is 0.841. The highest BCUT2D eigenvalue weighted by atomic mass is 16.5. The van der Waals surface area contributed by atoms with Crippen LogP contribution in [0.25, 0.3) is 0 Å². The molecule has 2 aromatic rings. The molecule has 1 atom stereocenters. The maximum absolute atomic E-state index is 12.5. The minimum absolute atomic E-state index is 0.0666. The highest BCUT2D eigenvalue weighted by Crippen LogP contribution is 2.25. The molecule has 0 unspecified atom stereocenters. The first-order valence-electron chi connectivity index (χ1n) is 8.91. The van der Waals surface area contributed by atoms with E-state index in [1.807, 2.05) is 26.0 Å². The number of hydrogen-bond donors (Lipinski definition) is 2. The van der Waals surface area contributed by atoms with E-state index in [1.54, 1.807) is 30.2 Å². The summed E-state index contributed by atoms with van der Waals surface area (Å²) in [5.41, 5.74) is 2.05. The predicted octanol–water partition coefficient (Wildman–Crippen LogP) is 1.79. The SMILES string of the molecule is CCc1[nH]c(=O)c(C(=O)N[C@H]2CC(=O)N(c3cccc(OC)c3)C2)cc1C. The molecule has 2 N–H and O–H groups in total. The lowest BCUT2D eigenvalue weighted by Gasteiger charge is -2.18. The second-order valence-electron chi connectivity index (χ2n) is 6.61. The number of aromatic nitrogens is 1. The first-order valence-corrected chi connectivity index (χ1v) is 8.91. The molecule has 3 rings (SSSR count). The molecular weight excluding hydrogens is 346 g/mol. The number of aromatic amines is 1. The van der Waals surface area contributed by atoms with E-state index in [0.29, 0.717) is 18.7 Å². The minimum atomic E-state index is -0.465. The van der Waals surface area contributed by atoms with Crippen LogP contribution in [-0.4, -0.2) is 36.5 Å². The van der Waals surface area contributed by atoms with Crippen molar-refractivity contribution in [2.45, 2.75) is 32.7 Å². The zero-order valence-electron chi connectivity index (χ0n) is 15.7. The average Bonchev–Trinajstić information content (AvgIpc) is 3.03. The van der Waals surface area contributed by atoms with Crippen LogP contribution in [0.2, 0.25) is 0 Å². The Kier molecular flexibility index (Phi) is 5.30. The monoisotopic (exact) mass is 369 g/mol. The lowest BCUT2D eigenvalue weighted by atomic mass is 10.1. The van der Waals surface area contributed by atoms with Gasteiger partial charge in [0.15, 0.2) is 0 Å². The minimum Gasteiger partial charge on any atom is -0.497 e. The fraction of sp³-hybridized carbons (Fsp3) is 0.350. The second-order valence-corrected chi connectivity index (χ2v) is 6.61. The molecule has 142 valence electrons. The molecule has 1 saturated heterocycles. The highest BCUT2D eigenvalue weighted by Gasteiger charge is 2.32. The number of methoxy groups -OCH3 is 1. The summed E-state index contributed by atoms with van der Waals surface area (Å²) in [6, 6.07) is 8.45. The third-order valence-electron chi connectivity index (χ3n) is 4.77. The Morgan fingerprint density at radius 1 is 1.33 bits per heavy atom. The number of pyridine rings is 1. The lowest BCUT2D eigenvalue weighted by Crippen LogP contribution is -2.39. The second kappa shape index (κ2) is 7.65. The molecule has 2 amide bonds. The number of benzene rings is 1. The van der Waals surface area contributed by atoms with Gasteiger partial charge >= 0.3 is 0 Å². The summed E-state index contributed by atoms with van der Waals surface area (Å²) in [5.74, 6) is 0.109. The number of aryl methyl sites for hydroxylation is 2. The molecular formula is C20H23N3O4. The smallest absolute Gasteiger partial charge is 0.261 e. The van der Waals surface area contributed by atoms with Crippen molar-refractivity contribution in [2.75, 3.05) is 18.6 Å². The van der Waals surface area contributed by atoms with Gasteiger partial charge in [-0.15, -0.1) is 0 Å².